The number of primary amides is 1. The smallest absolute Gasteiger partial charge is 0.319 e. The summed E-state index contributed by atoms with van der Waals surface area (Å²) in [6.07, 6.45) is 3.68. The van der Waals surface area contributed by atoms with E-state index >= 15 is 0 Å². The predicted octanol–water partition coefficient (Wildman–Crippen LogP) is 2.37. The summed E-state index contributed by atoms with van der Waals surface area (Å²) in [5.74, 6) is 0.239. The lowest BCUT2D eigenvalue weighted by atomic mass is 10.3. The van der Waals surface area contributed by atoms with Gasteiger partial charge in [-0.2, -0.15) is 0 Å². The van der Waals surface area contributed by atoms with Crippen molar-refractivity contribution in [3.05, 3.63) is 54.4 Å². The van der Waals surface area contributed by atoms with Crippen LogP contribution in [0.5, 0.6) is 0 Å². The number of thioether (sulfide) groups is 1. The van der Waals surface area contributed by atoms with Gasteiger partial charge in [0, 0.05) is 36.0 Å². The molecule has 0 fully saturated rings. The summed E-state index contributed by atoms with van der Waals surface area (Å²) >= 11 is 1.48. The monoisotopic (exact) mass is 330 g/mol. The molecule has 23 heavy (non-hydrogen) atoms. The van der Waals surface area contributed by atoms with E-state index in [4.69, 9.17) is 5.73 Å². The molecule has 2 aromatic rings. The molecule has 4 N–H and O–H groups in total. The maximum Gasteiger partial charge on any atom is 0.319 e. The van der Waals surface area contributed by atoms with Crippen molar-refractivity contribution in [3.63, 3.8) is 0 Å². The quantitative estimate of drug-likeness (QED) is 0.679. The second-order valence-electron chi connectivity index (χ2n) is 4.73. The first-order valence-electron chi connectivity index (χ1n) is 7.09. The third kappa shape index (κ3) is 5.99. The number of amides is 3. The van der Waals surface area contributed by atoms with E-state index in [0.29, 0.717) is 24.4 Å². The number of benzene rings is 1. The zero-order valence-corrected chi connectivity index (χ0v) is 13.3. The van der Waals surface area contributed by atoms with Crippen molar-refractivity contribution in [1.29, 1.82) is 0 Å². The highest BCUT2D eigenvalue weighted by Crippen LogP contribution is 2.27. The molecule has 0 saturated heterocycles. The molecule has 7 heteroatoms. The number of anilines is 1. The molecule has 0 atom stereocenters. The van der Waals surface area contributed by atoms with Gasteiger partial charge in [-0.3, -0.25) is 9.78 Å². The van der Waals surface area contributed by atoms with Crippen molar-refractivity contribution in [2.45, 2.75) is 17.9 Å². The molecule has 0 aliphatic heterocycles. The Morgan fingerprint density at radius 1 is 1.17 bits per heavy atom. The number of urea groups is 1. The Balaban J connectivity index is 1.88. The zero-order chi connectivity index (χ0) is 16.5. The van der Waals surface area contributed by atoms with Crippen molar-refractivity contribution >= 4 is 29.4 Å². The Hall–Kier alpha value is -2.54. The average Bonchev–Trinajstić information content (AvgIpc) is 2.55. The standard InChI is InChI=1S/C16H18N4O2S/c17-15(21)7-9-23-14-6-2-1-5-13(14)20-16(22)19-11-12-4-3-8-18-10-12/h1-6,8,10H,7,9,11H2,(H2,17,21)(H2,19,20,22). The Labute approximate surface area is 138 Å². The molecule has 0 bridgehead atoms. The number of pyridine rings is 1. The lowest BCUT2D eigenvalue weighted by molar-refractivity contribution is -0.117. The first-order valence-corrected chi connectivity index (χ1v) is 8.07. The highest BCUT2D eigenvalue weighted by atomic mass is 32.2. The van der Waals surface area contributed by atoms with Crippen LogP contribution in [-0.4, -0.2) is 22.7 Å². The van der Waals surface area contributed by atoms with Gasteiger partial charge in [0.1, 0.15) is 0 Å². The highest BCUT2D eigenvalue weighted by Gasteiger charge is 2.07. The maximum atomic E-state index is 12.0. The summed E-state index contributed by atoms with van der Waals surface area (Å²) in [5.41, 5.74) is 6.76. The van der Waals surface area contributed by atoms with Crippen molar-refractivity contribution in [3.8, 4) is 0 Å². The van der Waals surface area contributed by atoms with Crippen molar-refractivity contribution in [2.24, 2.45) is 5.73 Å². The fourth-order valence-corrected chi connectivity index (χ4v) is 2.78. The van der Waals surface area contributed by atoms with Crippen LogP contribution in [0.2, 0.25) is 0 Å². The molecule has 2 rings (SSSR count). The number of hydrogen-bond donors (Lipinski definition) is 3. The van der Waals surface area contributed by atoms with Gasteiger partial charge in [0.2, 0.25) is 5.91 Å². The lowest BCUT2D eigenvalue weighted by Gasteiger charge is -2.11. The van der Waals surface area contributed by atoms with E-state index in [0.717, 1.165) is 10.5 Å². The summed E-state index contributed by atoms with van der Waals surface area (Å²) in [4.78, 5) is 27.7. The summed E-state index contributed by atoms with van der Waals surface area (Å²) < 4.78 is 0. The topological polar surface area (TPSA) is 97.1 Å². The van der Waals surface area contributed by atoms with Crippen LogP contribution in [0, 0.1) is 0 Å². The third-order valence-corrected chi connectivity index (χ3v) is 3.99. The first kappa shape index (κ1) is 16.8. The molecule has 1 heterocycles. The number of carbonyl (C=O) groups excluding carboxylic acids is 2. The first-order chi connectivity index (χ1) is 11.1. The molecule has 0 saturated carbocycles. The van der Waals surface area contributed by atoms with Crippen LogP contribution >= 0.6 is 11.8 Å². The summed E-state index contributed by atoms with van der Waals surface area (Å²) in [7, 11) is 0. The molecule has 1 aromatic carbocycles. The number of nitrogens with one attached hydrogen (secondary N) is 2. The Morgan fingerprint density at radius 3 is 2.74 bits per heavy atom. The van der Waals surface area contributed by atoms with Crippen molar-refractivity contribution in [1.82, 2.24) is 10.3 Å². The fourth-order valence-electron chi connectivity index (χ4n) is 1.81. The molecule has 0 aliphatic rings. The number of carbonyl (C=O) groups is 2. The van der Waals surface area contributed by atoms with Crippen LogP contribution in [0.4, 0.5) is 10.5 Å². The molecule has 1 aromatic heterocycles. The van der Waals surface area contributed by atoms with E-state index in [1.54, 1.807) is 12.4 Å². The summed E-state index contributed by atoms with van der Waals surface area (Å²) in [6.45, 7) is 0.399. The highest BCUT2D eigenvalue weighted by molar-refractivity contribution is 7.99. The molecule has 0 unspecified atom stereocenters. The molecule has 3 amide bonds. The van der Waals surface area contributed by atoms with Gasteiger partial charge >= 0.3 is 6.03 Å². The van der Waals surface area contributed by atoms with Crippen LogP contribution in [0.1, 0.15) is 12.0 Å². The van der Waals surface area contributed by atoms with Gasteiger partial charge in [-0.25, -0.2) is 4.79 Å². The van der Waals surface area contributed by atoms with Gasteiger partial charge in [-0.15, -0.1) is 11.8 Å². The van der Waals surface area contributed by atoms with E-state index in [1.165, 1.54) is 11.8 Å². The number of nitrogens with zero attached hydrogens (tertiary/aromatic N) is 1. The predicted molar refractivity (Wildman–Crippen MR) is 91.1 cm³/mol. The van der Waals surface area contributed by atoms with Crippen LogP contribution < -0.4 is 16.4 Å². The average molecular weight is 330 g/mol. The SMILES string of the molecule is NC(=O)CCSc1ccccc1NC(=O)NCc1cccnc1. The number of para-hydroxylation sites is 1. The molecule has 120 valence electrons. The number of aromatic nitrogens is 1. The van der Waals surface area contributed by atoms with Gasteiger partial charge in [-0.05, 0) is 23.8 Å². The van der Waals surface area contributed by atoms with Gasteiger partial charge in [0.15, 0.2) is 0 Å². The Morgan fingerprint density at radius 2 is 2.00 bits per heavy atom. The van der Waals surface area contributed by atoms with E-state index in [9.17, 15) is 9.59 Å². The van der Waals surface area contributed by atoms with Crippen molar-refractivity contribution in [2.75, 3.05) is 11.1 Å². The van der Waals surface area contributed by atoms with Gasteiger partial charge < -0.3 is 16.4 Å². The van der Waals surface area contributed by atoms with Crippen LogP contribution in [-0.2, 0) is 11.3 Å². The van der Waals surface area contributed by atoms with E-state index in [2.05, 4.69) is 15.6 Å². The largest absolute Gasteiger partial charge is 0.370 e. The second-order valence-corrected chi connectivity index (χ2v) is 5.87. The molecule has 6 nitrogen and oxygen atoms in total. The minimum Gasteiger partial charge on any atom is -0.370 e. The number of nitrogens with two attached hydrogens (primary N) is 1. The van der Waals surface area contributed by atoms with E-state index in [-0.39, 0.29) is 11.9 Å². The van der Waals surface area contributed by atoms with E-state index in [1.807, 2.05) is 36.4 Å². The second kappa shape index (κ2) is 8.79. The maximum absolute atomic E-state index is 12.0. The molecule has 0 radical (unpaired) electrons. The lowest BCUT2D eigenvalue weighted by Crippen LogP contribution is -2.28. The van der Waals surface area contributed by atoms with Crippen LogP contribution in [0.15, 0.2) is 53.7 Å². The van der Waals surface area contributed by atoms with Gasteiger partial charge in [-0.1, -0.05) is 18.2 Å². The molecule has 0 aliphatic carbocycles. The van der Waals surface area contributed by atoms with E-state index < -0.39 is 0 Å². The molecular formula is C16H18N4O2S. The molecule has 0 spiro atoms. The van der Waals surface area contributed by atoms with Crippen LogP contribution in [0.3, 0.4) is 0 Å². The summed E-state index contributed by atoms with van der Waals surface area (Å²) in [5, 5.41) is 5.59. The molecular weight excluding hydrogens is 312 g/mol. The Kier molecular flexibility index (Phi) is 6.43. The van der Waals surface area contributed by atoms with Gasteiger partial charge in [0.05, 0.1) is 5.69 Å². The third-order valence-electron chi connectivity index (χ3n) is 2.92. The van der Waals surface area contributed by atoms with Gasteiger partial charge in [0.25, 0.3) is 0 Å². The number of rotatable bonds is 7. The van der Waals surface area contributed by atoms with Crippen LogP contribution in [0.25, 0.3) is 0 Å². The van der Waals surface area contributed by atoms with Crippen molar-refractivity contribution < 1.29 is 9.59 Å². The Bertz CT molecular complexity index is 664. The minimum atomic E-state index is -0.336. The zero-order valence-electron chi connectivity index (χ0n) is 12.5. The fraction of sp³-hybridized carbons (Fsp3) is 0.188. The number of hydrogen-bond acceptors (Lipinski definition) is 4. The normalized spacial score (nSPS) is 10.1. The summed E-state index contributed by atoms with van der Waals surface area (Å²) in [6, 6.07) is 10.8. The minimum absolute atomic E-state index is 0.295.